The van der Waals surface area contributed by atoms with Gasteiger partial charge in [-0.25, -0.2) is 0 Å². The lowest BCUT2D eigenvalue weighted by atomic mass is 9.47. The fourth-order valence-corrected chi connectivity index (χ4v) is 8.45. The van der Waals surface area contributed by atoms with Crippen molar-refractivity contribution in [1.82, 2.24) is 9.80 Å². The molecule has 2 saturated carbocycles. The van der Waals surface area contributed by atoms with E-state index in [-0.39, 0.29) is 29.8 Å². The maximum Gasteiger partial charge on any atom is 0.222 e. The first-order valence-electron chi connectivity index (χ1n) is 14.1. The Hall–Kier alpha value is -2.57. The van der Waals surface area contributed by atoms with Gasteiger partial charge in [0.25, 0.3) is 0 Å². The second-order valence-electron chi connectivity index (χ2n) is 12.3. The molecule has 2 aromatic rings. The molecule has 7 rings (SSSR count). The first kappa shape index (κ1) is 23.5. The minimum atomic E-state index is -1.12. The molecule has 5 atom stereocenters. The molecule has 1 amide bonds. The van der Waals surface area contributed by atoms with Crippen molar-refractivity contribution in [3.05, 3.63) is 58.7 Å². The van der Waals surface area contributed by atoms with Crippen LogP contribution in [0.4, 0.5) is 0 Å². The zero-order chi connectivity index (χ0) is 25.5. The number of hydrogen-bond donors (Lipinski definition) is 2. The highest BCUT2D eigenvalue weighted by Crippen LogP contribution is 2.66. The molecular formula is C31H38N2O4. The van der Waals surface area contributed by atoms with E-state index in [1.807, 2.05) is 24.1 Å². The number of aryl methyl sites for hydroxylation is 2. The van der Waals surface area contributed by atoms with Crippen molar-refractivity contribution in [3.8, 4) is 11.5 Å². The molecule has 2 unspecified atom stereocenters. The molecule has 2 bridgehead atoms. The van der Waals surface area contributed by atoms with E-state index in [1.165, 1.54) is 29.5 Å². The highest BCUT2D eigenvalue weighted by Gasteiger charge is 2.74. The fourth-order valence-electron chi connectivity index (χ4n) is 8.45. The molecule has 2 heterocycles. The van der Waals surface area contributed by atoms with Crippen molar-refractivity contribution in [1.29, 1.82) is 0 Å². The smallest absolute Gasteiger partial charge is 0.222 e. The van der Waals surface area contributed by atoms with E-state index in [0.29, 0.717) is 25.0 Å². The second kappa shape index (κ2) is 8.21. The zero-order valence-corrected chi connectivity index (χ0v) is 21.9. The number of likely N-dealkylation sites (tertiary alicyclic amines) is 1. The third-order valence-electron chi connectivity index (χ3n) is 10.3. The van der Waals surface area contributed by atoms with Gasteiger partial charge in [-0.1, -0.05) is 35.9 Å². The normalized spacial score (nSPS) is 33.5. The van der Waals surface area contributed by atoms with Crippen molar-refractivity contribution >= 4 is 5.91 Å². The van der Waals surface area contributed by atoms with Crippen molar-refractivity contribution < 1.29 is 19.7 Å². The number of phenolic OH excluding ortho intramolecular Hbond substituents is 1. The molecule has 0 radical (unpaired) electrons. The van der Waals surface area contributed by atoms with Crippen LogP contribution in [0.15, 0.2) is 36.4 Å². The number of piperidine rings is 1. The van der Waals surface area contributed by atoms with Gasteiger partial charge in [0.05, 0.1) is 11.5 Å². The van der Waals surface area contributed by atoms with Gasteiger partial charge in [0, 0.05) is 31.6 Å². The number of aromatic hydroxyl groups is 1. The van der Waals surface area contributed by atoms with Gasteiger partial charge in [-0.05, 0) is 81.5 Å². The van der Waals surface area contributed by atoms with Gasteiger partial charge in [0.15, 0.2) is 11.5 Å². The Bertz CT molecular complexity index is 1260. The number of amides is 1. The summed E-state index contributed by atoms with van der Waals surface area (Å²) >= 11 is 0. The number of rotatable bonds is 6. The average Bonchev–Trinajstić information content (AvgIpc) is 3.63. The summed E-state index contributed by atoms with van der Waals surface area (Å²) in [5.41, 5.74) is 2.88. The van der Waals surface area contributed by atoms with Crippen LogP contribution in [0, 0.1) is 12.8 Å². The van der Waals surface area contributed by atoms with E-state index in [2.05, 4.69) is 30.0 Å². The van der Waals surface area contributed by atoms with Crippen molar-refractivity contribution in [2.75, 3.05) is 20.1 Å². The maximum absolute atomic E-state index is 13.6. The second-order valence-corrected chi connectivity index (χ2v) is 12.3. The molecule has 3 aliphatic carbocycles. The quantitative estimate of drug-likeness (QED) is 0.630. The van der Waals surface area contributed by atoms with Crippen LogP contribution in [0.5, 0.6) is 11.5 Å². The largest absolute Gasteiger partial charge is 0.504 e. The zero-order valence-electron chi connectivity index (χ0n) is 21.9. The van der Waals surface area contributed by atoms with Crippen molar-refractivity contribution in [3.63, 3.8) is 0 Å². The van der Waals surface area contributed by atoms with Crippen LogP contribution < -0.4 is 4.74 Å². The maximum atomic E-state index is 13.6. The minimum Gasteiger partial charge on any atom is -0.504 e. The van der Waals surface area contributed by atoms with E-state index in [0.717, 1.165) is 43.8 Å². The van der Waals surface area contributed by atoms with Gasteiger partial charge in [0.2, 0.25) is 5.91 Å². The molecule has 5 aliphatic rings. The molecule has 2 N–H and O–H groups in total. The Morgan fingerprint density at radius 3 is 2.81 bits per heavy atom. The standard InChI is InChI=1S/C31H38N2O4/c1-19-4-3-5-20(16-19)8-13-27(35)32(2)24-11-12-26-30-14-15-33(18-21-6-7-21)25(31(24,30)36)17-22-9-10-23(34)29(37-26)28(22)30/h3-5,9-10,16,21,24-26,34,36H,6-8,11-15,17-18H2,1-2H3/t24?,25-,26?,30-,31-/m1/s1. The topological polar surface area (TPSA) is 73.2 Å². The van der Waals surface area contributed by atoms with E-state index in [1.54, 1.807) is 6.07 Å². The molecule has 2 aromatic carbocycles. The van der Waals surface area contributed by atoms with E-state index in [4.69, 9.17) is 4.74 Å². The van der Waals surface area contributed by atoms with Crippen LogP contribution in [-0.4, -0.2) is 69.8 Å². The number of likely N-dealkylation sites (N-methyl/N-ethyl adjacent to an activating group) is 1. The Balaban J connectivity index is 1.26. The number of benzene rings is 2. The number of hydrogen-bond acceptors (Lipinski definition) is 5. The molecular weight excluding hydrogens is 464 g/mol. The summed E-state index contributed by atoms with van der Waals surface area (Å²) in [7, 11) is 1.90. The fraction of sp³-hybridized carbons (Fsp3) is 0.581. The SMILES string of the molecule is Cc1cccc(CCC(=O)N(C)C2CCC3Oc4c(O)ccc5c4[C@@]34CCN(CC3CC3)[C@H](C5)[C@]24O)c1. The molecule has 196 valence electrons. The molecule has 2 aliphatic heterocycles. The molecule has 0 aromatic heterocycles. The van der Waals surface area contributed by atoms with Gasteiger partial charge in [0.1, 0.15) is 11.7 Å². The van der Waals surface area contributed by atoms with E-state index in [9.17, 15) is 15.0 Å². The number of phenols is 1. The minimum absolute atomic E-state index is 0.0618. The first-order valence-corrected chi connectivity index (χ1v) is 14.1. The third kappa shape index (κ3) is 3.27. The lowest BCUT2D eigenvalue weighted by Gasteiger charge is -2.66. The predicted octanol–water partition coefficient (Wildman–Crippen LogP) is 3.72. The number of aliphatic hydroxyl groups is 1. The number of nitrogens with zero attached hydrogens (tertiary/aromatic N) is 2. The molecule has 6 nitrogen and oxygen atoms in total. The number of ether oxygens (including phenoxy) is 1. The van der Waals surface area contributed by atoms with Gasteiger partial charge in [-0.2, -0.15) is 0 Å². The molecule has 1 spiro atoms. The summed E-state index contributed by atoms with van der Waals surface area (Å²) in [4.78, 5) is 18.0. The van der Waals surface area contributed by atoms with Crippen molar-refractivity contribution in [2.24, 2.45) is 5.92 Å². The lowest BCUT2D eigenvalue weighted by molar-refractivity contribution is -0.218. The summed E-state index contributed by atoms with van der Waals surface area (Å²) in [6, 6.07) is 11.8. The molecule has 6 heteroatoms. The molecule has 37 heavy (non-hydrogen) atoms. The summed E-state index contributed by atoms with van der Waals surface area (Å²) < 4.78 is 6.48. The van der Waals surface area contributed by atoms with Gasteiger partial charge < -0.3 is 19.8 Å². The van der Waals surface area contributed by atoms with Crippen LogP contribution in [0.1, 0.15) is 60.8 Å². The highest BCUT2D eigenvalue weighted by atomic mass is 16.5. The van der Waals surface area contributed by atoms with Crippen molar-refractivity contribution in [2.45, 2.75) is 87.5 Å². The Labute approximate surface area is 219 Å². The average molecular weight is 503 g/mol. The highest BCUT2D eigenvalue weighted by molar-refractivity contribution is 5.77. The third-order valence-corrected chi connectivity index (χ3v) is 10.3. The monoisotopic (exact) mass is 502 g/mol. The Morgan fingerprint density at radius 1 is 1.19 bits per heavy atom. The van der Waals surface area contributed by atoms with Crippen LogP contribution in [0.2, 0.25) is 0 Å². The Kier molecular flexibility index (Phi) is 5.22. The van der Waals surface area contributed by atoms with Gasteiger partial charge in [-0.3, -0.25) is 9.69 Å². The lowest BCUT2D eigenvalue weighted by Crippen LogP contribution is -2.81. The van der Waals surface area contributed by atoms with Crippen LogP contribution >= 0.6 is 0 Å². The predicted molar refractivity (Wildman–Crippen MR) is 141 cm³/mol. The number of carbonyl (C=O) groups is 1. The number of carbonyl (C=O) groups excluding carboxylic acids is 1. The molecule has 3 fully saturated rings. The van der Waals surface area contributed by atoms with Crippen LogP contribution in [-0.2, 0) is 23.1 Å². The van der Waals surface area contributed by atoms with Gasteiger partial charge >= 0.3 is 0 Å². The summed E-state index contributed by atoms with van der Waals surface area (Å²) in [5, 5.41) is 23.9. The molecule has 1 saturated heterocycles. The summed E-state index contributed by atoms with van der Waals surface area (Å²) in [5.74, 6) is 1.55. The summed E-state index contributed by atoms with van der Waals surface area (Å²) in [6.07, 6.45) is 6.50. The van der Waals surface area contributed by atoms with Gasteiger partial charge in [-0.15, -0.1) is 0 Å². The summed E-state index contributed by atoms with van der Waals surface area (Å²) in [6.45, 7) is 4.02. The van der Waals surface area contributed by atoms with Crippen LogP contribution in [0.3, 0.4) is 0 Å². The Morgan fingerprint density at radius 2 is 2.03 bits per heavy atom. The van der Waals surface area contributed by atoms with E-state index >= 15 is 0 Å². The first-order chi connectivity index (χ1) is 17.8. The van der Waals surface area contributed by atoms with E-state index < -0.39 is 11.0 Å². The van der Waals surface area contributed by atoms with Crippen LogP contribution in [0.25, 0.3) is 0 Å².